The van der Waals surface area contributed by atoms with Crippen molar-refractivity contribution in [3.05, 3.63) is 59.7 Å². The van der Waals surface area contributed by atoms with Crippen LogP contribution < -0.4 is 31.1 Å². The maximum absolute atomic E-state index is 10.7. The molecule has 0 amide bonds. The lowest BCUT2D eigenvalue weighted by molar-refractivity contribution is 0.0945. The third kappa shape index (κ3) is 15.1. The van der Waals surface area contributed by atoms with Gasteiger partial charge in [-0.1, -0.05) is 35.4 Å². The minimum Gasteiger partial charge on any atom is -0.390 e. The maximum Gasteiger partial charge on any atom is 0.0984 e. The molecule has 0 bridgehead atoms. The predicted octanol–water partition coefficient (Wildman–Crippen LogP) is 0.112. The van der Waals surface area contributed by atoms with E-state index in [1.54, 1.807) is 0 Å². The highest BCUT2D eigenvalue weighted by molar-refractivity contribution is 5.49. The van der Waals surface area contributed by atoms with Crippen molar-refractivity contribution in [2.75, 3.05) is 141 Å². The highest BCUT2D eigenvalue weighted by Gasteiger charge is 2.31. The van der Waals surface area contributed by atoms with Gasteiger partial charge in [0.1, 0.15) is 0 Å². The van der Waals surface area contributed by atoms with E-state index in [4.69, 9.17) is 9.47 Å². The number of anilines is 2. The standard InChI is InChI=1S/C21H37N5O2.C13H17NO2.C4H10N2/c1-18-2-4-19(5-3-18)26(16-20(27)14-24-10-6-22-7-11-24)17-21(28)15-25-12-8-23-9-13-25;1-10-2-4-11(5-3-10)14(6-12-8-15-12)7-13-9-16-13;1-2-6-4-3-5-1/h2-5,20-23,27-28H,6-17H2,1H3;2-5,12-13H,6-9H2,1H3;5-6H,1-4H2. The summed E-state index contributed by atoms with van der Waals surface area (Å²) in [4.78, 5) is 9.13. The van der Waals surface area contributed by atoms with Gasteiger partial charge in [0, 0.05) is 129 Å². The quantitative estimate of drug-likeness (QED) is 0.150. The fourth-order valence-electron chi connectivity index (χ4n) is 6.53. The Hall–Kier alpha value is -2.36. The Bertz CT molecular complexity index is 1130. The van der Waals surface area contributed by atoms with Crippen LogP contribution in [-0.2, 0) is 9.47 Å². The van der Waals surface area contributed by atoms with Gasteiger partial charge in [0.15, 0.2) is 0 Å². The van der Waals surface area contributed by atoms with Gasteiger partial charge in [0.2, 0.25) is 0 Å². The van der Waals surface area contributed by atoms with Crippen molar-refractivity contribution in [2.24, 2.45) is 0 Å². The summed E-state index contributed by atoms with van der Waals surface area (Å²) in [5.41, 5.74) is 4.85. The van der Waals surface area contributed by atoms with Crippen LogP contribution in [0.15, 0.2) is 48.5 Å². The first-order valence-corrected chi connectivity index (χ1v) is 18.9. The topological polar surface area (TPSA) is 127 Å². The van der Waals surface area contributed by atoms with E-state index in [1.165, 1.54) is 16.8 Å². The Morgan fingerprint density at radius 1 is 0.580 bits per heavy atom. The molecule has 5 heterocycles. The van der Waals surface area contributed by atoms with Crippen LogP contribution in [0.2, 0.25) is 0 Å². The number of hydrogen-bond acceptors (Lipinski definition) is 12. The number of β-amino-alcohol motifs (C(OH)–C–C–N with tert-alkyl or cyclic N) is 2. The van der Waals surface area contributed by atoms with E-state index >= 15 is 0 Å². The average molecular weight is 697 g/mol. The highest BCUT2D eigenvalue weighted by atomic mass is 16.6. The molecule has 6 N–H and O–H groups in total. The summed E-state index contributed by atoms with van der Waals surface area (Å²) in [5.74, 6) is 0. The number of hydrogen-bond donors (Lipinski definition) is 6. The van der Waals surface area contributed by atoms with Gasteiger partial charge in [0.05, 0.1) is 37.6 Å². The summed E-state index contributed by atoms with van der Waals surface area (Å²) in [6.45, 7) is 22.8. The molecular formula is C38H64N8O4. The van der Waals surface area contributed by atoms with E-state index in [2.05, 4.69) is 103 Å². The third-order valence-electron chi connectivity index (χ3n) is 9.63. The van der Waals surface area contributed by atoms with Crippen LogP contribution in [-0.4, -0.2) is 175 Å². The summed E-state index contributed by atoms with van der Waals surface area (Å²) in [6, 6.07) is 17.0. The maximum atomic E-state index is 10.7. The van der Waals surface area contributed by atoms with E-state index in [1.807, 2.05) is 0 Å². The van der Waals surface area contributed by atoms with Crippen molar-refractivity contribution in [2.45, 2.75) is 38.3 Å². The number of aryl methyl sites for hydroxylation is 2. The molecule has 50 heavy (non-hydrogen) atoms. The fraction of sp³-hybridized carbons (Fsp3) is 0.684. The number of nitrogens with zero attached hydrogens (tertiary/aromatic N) is 4. The average Bonchev–Trinajstić information content (AvgIpc) is 4.09. The molecule has 280 valence electrons. The molecule has 0 aliphatic carbocycles. The molecular weight excluding hydrogens is 632 g/mol. The van der Waals surface area contributed by atoms with Crippen molar-refractivity contribution < 1.29 is 19.7 Å². The molecule has 5 fully saturated rings. The number of rotatable bonds is 14. The summed E-state index contributed by atoms with van der Waals surface area (Å²) in [6.07, 6.45) is -0.0170. The molecule has 7 rings (SSSR count). The number of nitrogens with one attached hydrogen (secondary N) is 4. The lowest BCUT2D eigenvalue weighted by atomic mass is 10.1. The van der Waals surface area contributed by atoms with E-state index < -0.39 is 12.2 Å². The molecule has 2 aromatic rings. The second kappa shape index (κ2) is 21.2. The molecule has 0 radical (unpaired) electrons. The van der Waals surface area contributed by atoms with E-state index in [0.29, 0.717) is 38.4 Å². The van der Waals surface area contributed by atoms with E-state index in [0.717, 1.165) is 111 Å². The van der Waals surface area contributed by atoms with Crippen molar-refractivity contribution in [3.8, 4) is 0 Å². The zero-order valence-corrected chi connectivity index (χ0v) is 30.6. The molecule has 4 unspecified atom stereocenters. The SMILES string of the molecule is C1CNCCN1.Cc1ccc(N(CC(O)CN2CCNCC2)CC(O)CN2CCNCC2)cc1.Cc1ccc(N(CC2CO2)CC2CO2)cc1. The van der Waals surface area contributed by atoms with Gasteiger partial charge >= 0.3 is 0 Å². The summed E-state index contributed by atoms with van der Waals surface area (Å²) < 4.78 is 10.6. The third-order valence-corrected chi connectivity index (χ3v) is 9.63. The second-order valence-corrected chi connectivity index (χ2v) is 14.3. The van der Waals surface area contributed by atoms with Gasteiger partial charge in [0.25, 0.3) is 0 Å². The Balaban J connectivity index is 0.000000183. The van der Waals surface area contributed by atoms with Gasteiger partial charge in [-0.05, 0) is 38.1 Å². The molecule has 0 spiro atoms. The molecule has 0 saturated carbocycles. The van der Waals surface area contributed by atoms with Crippen LogP contribution in [0.3, 0.4) is 0 Å². The first-order valence-electron chi connectivity index (χ1n) is 18.9. The van der Waals surface area contributed by atoms with Crippen LogP contribution in [0.4, 0.5) is 11.4 Å². The van der Waals surface area contributed by atoms with Crippen LogP contribution in [0.25, 0.3) is 0 Å². The number of ether oxygens (including phenoxy) is 2. The Morgan fingerprint density at radius 3 is 1.26 bits per heavy atom. The molecule has 4 atom stereocenters. The molecule has 5 aliphatic rings. The Labute approximate surface area is 300 Å². The molecule has 12 nitrogen and oxygen atoms in total. The minimum absolute atomic E-state index is 0.431. The zero-order valence-electron chi connectivity index (χ0n) is 30.6. The number of aliphatic hydroxyl groups excluding tert-OH is 2. The molecule has 12 heteroatoms. The van der Waals surface area contributed by atoms with Crippen molar-refractivity contribution in [1.29, 1.82) is 0 Å². The monoisotopic (exact) mass is 697 g/mol. The number of piperazine rings is 3. The van der Waals surface area contributed by atoms with E-state index in [9.17, 15) is 10.2 Å². The number of aliphatic hydroxyl groups is 2. The largest absolute Gasteiger partial charge is 0.390 e. The van der Waals surface area contributed by atoms with Gasteiger partial charge < -0.3 is 50.8 Å². The van der Waals surface area contributed by atoms with Crippen LogP contribution in [0.1, 0.15) is 11.1 Å². The zero-order chi connectivity index (χ0) is 35.0. The molecule has 0 aromatic heterocycles. The highest BCUT2D eigenvalue weighted by Crippen LogP contribution is 2.23. The summed E-state index contributed by atoms with van der Waals surface area (Å²) >= 11 is 0. The van der Waals surface area contributed by atoms with Crippen molar-refractivity contribution in [3.63, 3.8) is 0 Å². The van der Waals surface area contributed by atoms with Crippen LogP contribution in [0, 0.1) is 13.8 Å². The number of epoxide rings is 2. The normalized spacial score (nSPS) is 23.4. The lowest BCUT2D eigenvalue weighted by Gasteiger charge is -2.35. The van der Waals surface area contributed by atoms with Gasteiger partial charge in [-0.15, -0.1) is 0 Å². The van der Waals surface area contributed by atoms with Gasteiger partial charge in [-0.2, -0.15) is 0 Å². The van der Waals surface area contributed by atoms with E-state index in [-0.39, 0.29) is 0 Å². The molecule has 2 aromatic carbocycles. The van der Waals surface area contributed by atoms with Crippen molar-refractivity contribution in [1.82, 2.24) is 31.1 Å². The molecule has 5 aliphatic heterocycles. The smallest absolute Gasteiger partial charge is 0.0984 e. The first-order chi connectivity index (χ1) is 24.4. The lowest BCUT2D eigenvalue weighted by Crippen LogP contribution is -2.50. The van der Waals surface area contributed by atoms with Gasteiger partial charge in [-0.25, -0.2) is 0 Å². The van der Waals surface area contributed by atoms with Crippen LogP contribution >= 0.6 is 0 Å². The Morgan fingerprint density at radius 2 is 0.920 bits per heavy atom. The summed E-state index contributed by atoms with van der Waals surface area (Å²) in [5, 5.41) is 34.6. The van der Waals surface area contributed by atoms with Crippen molar-refractivity contribution >= 4 is 11.4 Å². The summed E-state index contributed by atoms with van der Waals surface area (Å²) in [7, 11) is 0. The fourth-order valence-corrected chi connectivity index (χ4v) is 6.53. The first kappa shape index (κ1) is 38.9. The van der Waals surface area contributed by atoms with Crippen LogP contribution in [0.5, 0.6) is 0 Å². The number of benzene rings is 2. The van der Waals surface area contributed by atoms with Gasteiger partial charge in [-0.3, -0.25) is 9.80 Å². The molecule has 5 saturated heterocycles. The minimum atomic E-state index is -0.439. The second-order valence-electron chi connectivity index (χ2n) is 14.3. The predicted molar refractivity (Wildman–Crippen MR) is 203 cm³/mol. The Kier molecular flexibility index (Phi) is 16.5.